The van der Waals surface area contributed by atoms with Crippen LogP contribution in [0.4, 0.5) is 4.39 Å². The average Bonchev–Trinajstić information content (AvgIpc) is 2.28. The predicted molar refractivity (Wildman–Crippen MR) is 73.6 cm³/mol. The molecule has 1 rings (SSSR count). The highest BCUT2D eigenvalue weighted by atomic mass is 19.1. The number of ether oxygens (including phenoxy) is 1. The van der Waals surface area contributed by atoms with Crippen molar-refractivity contribution in [1.29, 1.82) is 0 Å². The highest BCUT2D eigenvalue weighted by molar-refractivity contribution is 5.30. The zero-order valence-corrected chi connectivity index (χ0v) is 12.0. The van der Waals surface area contributed by atoms with Gasteiger partial charge in [-0.3, -0.25) is 0 Å². The molecule has 1 aromatic carbocycles. The van der Waals surface area contributed by atoms with E-state index in [2.05, 4.69) is 26.1 Å². The summed E-state index contributed by atoms with van der Waals surface area (Å²) in [7, 11) is 0. The van der Waals surface area contributed by atoms with Crippen LogP contribution in [0.1, 0.15) is 39.7 Å². The Balaban J connectivity index is 2.65. The molecule has 0 saturated heterocycles. The largest absolute Gasteiger partial charge is 0.486 e. The standard InChI is InChI=1S/C15H24FNO/c1-6-12(10-17-15(3,4)5)18-13-9-7-8-11(2)14(13)16/h7-9,12,17H,6,10H2,1-5H3. The normalized spacial score (nSPS) is 13.4. The second-order valence-corrected chi connectivity index (χ2v) is 5.67. The van der Waals surface area contributed by atoms with Crippen LogP contribution in [-0.2, 0) is 0 Å². The van der Waals surface area contributed by atoms with Gasteiger partial charge in [0, 0.05) is 12.1 Å². The first kappa shape index (κ1) is 15.0. The SMILES string of the molecule is CCC(CNC(C)(C)C)Oc1cccc(C)c1F. The maximum atomic E-state index is 13.8. The van der Waals surface area contributed by atoms with Crippen molar-refractivity contribution in [2.75, 3.05) is 6.54 Å². The van der Waals surface area contributed by atoms with Crippen molar-refractivity contribution in [3.63, 3.8) is 0 Å². The molecule has 18 heavy (non-hydrogen) atoms. The van der Waals surface area contributed by atoms with Crippen molar-refractivity contribution >= 4 is 0 Å². The van der Waals surface area contributed by atoms with E-state index in [9.17, 15) is 4.39 Å². The lowest BCUT2D eigenvalue weighted by Crippen LogP contribution is -2.42. The highest BCUT2D eigenvalue weighted by Gasteiger charge is 2.16. The molecule has 0 heterocycles. The van der Waals surface area contributed by atoms with Crippen LogP contribution in [0.5, 0.6) is 5.75 Å². The smallest absolute Gasteiger partial charge is 0.167 e. The Labute approximate surface area is 110 Å². The van der Waals surface area contributed by atoms with E-state index in [0.717, 1.165) is 6.42 Å². The number of rotatable bonds is 5. The highest BCUT2D eigenvalue weighted by Crippen LogP contribution is 2.21. The van der Waals surface area contributed by atoms with Crippen molar-refractivity contribution in [1.82, 2.24) is 5.32 Å². The van der Waals surface area contributed by atoms with Crippen LogP contribution in [0.15, 0.2) is 18.2 Å². The molecule has 0 aliphatic heterocycles. The Morgan fingerprint density at radius 1 is 1.33 bits per heavy atom. The molecule has 0 saturated carbocycles. The third kappa shape index (κ3) is 4.65. The number of halogens is 1. The van der Waals surface area contributed by atoms with E-state index in [1.54, 1.807) is 19.1 Å². The van der Waals surface area contributed by atoms with Crippen LogP contribution in [0.2, 0.25) is 0 Å². The van der Waals surface area contributed by atoms with Crippen LogP contribution in [0.25, 0.3) is 0 Å². The summed E-state index contributed by atoms with van der Waals surface area (Å²) in [4.78, 5) is 0. The second kappa shape index (κ2) is 6.19. The van der Waals surface area contributed by atoms with Crippen molar-refractivity contribution in [3.05, 3.63) is 29.6 Å². The van der Waals surface area contributed by atoms with Crippen LogP contribution in [0, 0.1) is 12.7 Å². The monoisotopic (exact) mass is 253 g/mol. The zero-order valence-electron chi connectivity index (χ0n) is 12.0. The molecule has 1 aromatic rings. The minimum atomic E-state index is -0.258. The van der Waals surface area contributed by atoms with E-state index in [-0.39, 0.29) is 17.5 Å². The molecule has 102 valence electrons. The lowest BCUT2D eigenvalue weighted by Gasteiger charge is -2.25. The number of hydrogen-bond donors (Lipinski definition) is 1. The quantitative estimate of drug-likeness (QED) is 0.864. The molecule has 1 atom stereocenters. The van der Waals surface area contributed by atoms with Gasteiger partial charge in [0.1, 0.15) is 6.10 Å². The summed E-state index contributed by atoms with van der Waals surface area (Å²) in [6.45, 7) is 10.8. The lowest BCUT2D eigenvalue weighted by molar-refractivity contribution is 0.174. The van der Waals surface area contributed by atoms with Gasteiger partial charge in [0.05, 0.1) is 0 Å². The van der Waals surface area contributed by atoms with Crippen molar-refractivity contribution in [2.24, 2.45) is 0 Å². The van der Waals surface area contributed by atoms with Gasteiger partial charge < -0.3 is 10.1 Å². The summed E-state index contributed by atoms with van der Waals surface area (Å²) in [6.07, 6.45) is 0.830. The van der Waals surface area contributed by atoms with Gasteiger partial charge in [0.2, 0.25) is 0 Å². The van der Waals surface area contributed by atoms with Crippen molar-refractivity contribution in [2.45, 2.75) is 52.7 Å². The maximum absolute atomic E-state index is 13.8. The van der Waals surface area contributed by atoms with Crippen LogP contribution in [0.3, 0.4) is 0 Å². The van der Waals surface area contributed by atoms with Gasteiger partial charge in [-0.2, -0.15) is 0 Å². The zero-order chi connectivity index (χ0) is 13.8. The molecule has 0 aromatic heterocycles. The summed E-state index contributed by atoms with van der Waals surface area (Å²) in [5, 5.41) is 3.38. The summed E-state index contributed by atoms with van der Waals surface area (Å²) in [5.74, 6) is 0.0873. The topological polar surface area (TPSA) is 21.3 Å². The van der Waals surface area contributed by atoms with Crippen molar-refractivity contribution in [3.8, 4) is 5.75 Å². The summed E-state index contributed by atoms with van der Waals surface area (Å²) >= 11 is 0. The van der Waals surface area contributed by atoms with Gasteiger partial charge >= 0.3 is 0 Å². The van der Waals surface area contributed by atoms with Gasteiger partial charge in [-0.05, 0) is 45.7 Å². The number of aryl methyl sites for hydroxylation is 1. The Morgan fingerprint density at radius 2 is 2.00 bits per heavy atom. The van der Waals surface area contributed by atoms with Gasteiger partial charge in [-0.15, -0.1) is 0 Å². The van der Waals surface area contributed by atoms with E-state index >= 15 is 0 Å². The Morgan fingerprint density at radius 3 is 2.56 bits per heavy atom. The fourth-order valence-corrected chi connectivity index (χ4v) is 1.58. The van der Waals surface area contributed by atoms with Gasteiger partial charge in [0.15, 0.2) is 11.6 Å². The Hall–Kier alpha value is -1.09. The fourth-order valence-electron chi connectivity index (χ4n) is 1.58. The van der Waals surface area contributed by atoms with E-state index < -0.39 is 0 Å². The molecule has 0 aliphatic carbocycles. The molecular weight excluding hydrogens is 229 g/mol. The first-order chi connectivity index (χ1) is 8.33. The summed E-state index contributed by atoms with van der Waals surface area (Å²) in [5.41, 5.74) is 0.660. The van der Waals surface area contributed by atoms with E-state index in [1.807, 2.05) is 13.0 Å². The molecule has 3 heteroatoms. The number of hydrogen-bond acceptors (Lipinski definition) is 2. The van der Waals surface area contributed by atoms with Crippen LogP contribution in [-0.4, -0.2) is 18.2 Å². The average molecular weight is 253 g/mol. The van der Waals surface area contributed by atoms with Gasteiger partial charge in [-0.25, -0.2) is 4.39 Å². The summed E-state index contributed by atoms with van der Waals surface area (Å²) in [6, 6.07) is 5.25. The minimum Gasteiger partial charge on any atom is -0.486 e. The maximum Gasteiger partial charge on any atom is 0.167 e. The Bertz CT molecular complexity index is 385. The van der Waals surface area contributed by atoms with Crippen LogP contribution >= 0.6 is 0 Å². The lowest BCUT2D eigenvalue weighted by atomic mass is 10.1. The number of benzene rings is 1. The molecule has 0 aliphatic rings. The molecule has 0 spiro atoms. The molecule has 2 nitrogen and oxygen atoms in total. The van der Waals surface area contributed by atoms with Crippen molar-refractivity contribution < 1.29 is 9.13 Å². The predicted octanol–water partition coefficient (Wildman–Crippen LogP) is 3.68. The molecule has 1 N–H and O–H groups in total. The molecular formula is C15H24FNO. The third-order valence-electron chi connectivity index (χ3n) is 2.77. The minimum absolute atomic E-state index is 0.0134. The fraction of sp³-hybridized carbons (Fsp3) is 0.600. The molecule has 1 unspecified atom stereocenters. The van der Waals surface area contributed by atoms with E-state index in [4.69, 9.17) is 4.74 Å². The van der Waals surface area contributed by atoms with Gasteiger partial charge in [0.25, 0.3) is 0 Å². The molecule has 0 bridgehead atoms. The first-order valence-corrected chi connectivity index (χ1v) is 6.50. The Kier molecular flexibility index (Phi) is 5.15. The van der Waals surface area contributed by atoms with Crippen LogP contribution < -0.4 is 10.1 Å². The molecule has 0 radical (unpaired) electrons. The third-order valence-corrected chi connectivity index (χ3v) is 2.77. The molecule has 0 fully saturated rings. The second-order valence-electron chi connectivity index (χ2n) is 5.67. The number of nitrogens with one attached hydrogen (secondary N) is 1. The van der Waals surface area contributed by atoms with Gasteiger partial charge in [-0.1, -0.05) is 19.1 Å². The summed E-state index contributed by atoms with van der Waals surface area (Å²) < 4.78 is 19.6. The molecule has 0 amide bonds. The first-order valence-electron chi connectivity index (χ1n) is 6.50. The van der Waals surface area contributed by atoms with E-state index in [1.165, 1.54) is 0 Å². The van der Waals surface area contributed by atoms with E-state index in [0.29, 0.717) is 17.9 Å².